The third-order valence-corrected chi connectivity index (χ3v) is 9.08. The highest BCUT2D eigenvalue weighted by Gasteiger charge is 2.34. The molecule has 0 saturated carbocycles. The Morgan fingerprint density at radius 3 is 1.93 bits per heavy atom. The van der Waals surface area contributed by atoms with Gasteiger partial charge in [0.25, 0.3) is 10.0 Å². The van der Waals surface area contributed by atoms with E-state index in [1.165, 1.54) is 24.1 Å². The van der Waals surface area contributed by atoms with Crippen molar-refractivity contribution in [2.45, 2.75) is 30.8 Å². The van der Waals surface area contributed by atoms with Crippen molar-refractivity contribution in [3.05, 3.63) is 130 Å². The van der Waals surface area contributed by atoms with Crippen LogP contribution in [0.3, 0.4) is 0 Å². The number of carbonyl (C=O) groups excluding carboxylic acids is 2. The maximum atomic E-state index is 14.2. The summed E-state index contributed by atoms with van der Waals surface area (Å²) in [6.07, 6.45) is 0.228. The largest absolute Gasteiger partial charge is 0.357 e. The Morgan fingerprint density at radius 2 is 1.36 bits per heavy atom. The minimum atomic E-state index is -4.18. The topological polar surface area (TPSA) is 86.8 Å². The van der Waals surface area contributed by atoms with Crippen LogP contribution >= 0.6 is 23.2 Å². The van der Waals surface area contributed by atoms with E-state index in [1.807, 2.05) is 37.3 Å². The van der Waals surface area contributed by atoms with Crippen LogP contribution in [0.4, 0.5) is 5.69 Å². The van der Waals surface area contributed by atoms with E-state index in [0.29, 0.717) is 10.0 Å². The number of aryl methyl sites for hydroxylation is 1. The number of benzene rings is 4. The highest BCUT2D eigenvalue weighted by Crippen LogP contribution is 2.27. The molecule has 1 N–H and O–H groups in total. The number of halogens is 2. The lowest BCUT2D eigenvalue weighted by Gasteiger charge is -2.33. The lowest BCUT2D eigenvalue weighted by atomic mass is 10.0. The quantitative estimate of drug-likeness (QED) is 0.226. The van der Waals surface area contributed by atoms with Gasteiger partial charge in [0, 0.05) is 30.1 Å². The zero-order valence-corrected chi connectivity index (χ0v) is 25.5. The molecule has 10 heteroatoms. The minimum absolute atomic E-state index is 0.0345. The standard InChI is InChI=1S/C32H31Cl2N3O4S/c1-23-8-18-29(19-9-23)42(40,41)37(28-16-14-27(34)15-17-28)22-31(38)36(21-25-10-12-26(33)13-11-25)30(32(39)35-2)20-24-6-4-3-5-7-24/h3-19,30H,20-22H2,1-2H3,(H,35,39). The van der Waals surface area contributed by atoms with E-state index in [9.17, 15) is 18.0 Å². The number of amides is 2. The Balaban J connectivity index is 1.77. The molecule has 0 spiro atoms. The number of anilines is 1. The molecular weight excluding hydrogens is 593 g/mol. The molecule has 0 radical (unpaired) electrons. The lowest BCUT2D eigenvalue weighted by Crippen LogP contribution is -2.53. The van der Waals surface area contributed by atoms with Crippen LogP contribution in [0.1, 0.15) is 16.7 Å². The first-order valence-corrected chi connectivity index (χ1v) is 15.4. The van der Waals surface area contributed by atoms with Gasteiger partial charge in [-0.05, 0) is 66.6 Å². The molecule has 1 unspecified atom stereocenters. The number of hydrogen-bond donors (Lipinski definition) is 1. The molecule has 4 rings (SSSR count). The summed E-state index contributed by atoms with van der Waals surface area (Å²) in [6.45, 7) is 1.37. The molecule has 0 aliphatic carbocycles. The van der Waals surface area contributed by atoms with Crippen molar-refractivity contribution in [3.63, 3.8) is 0 Å². The monoisotopic (exact) mass is 623 g/mol. The molecule has 0 bridgehead atoms. The molecule has 7 nitrogen and oxygen atoms in total. The van der Waals surface area contributed by atoms with Gasteiger partial charge in [-0.2, -0.15) is 0 Å². The fourth-order valence-electron chi connectivity index (χ4n) is 4.48. The molecule has 0 aromatic heterocycles. The summed E-state index contributed by atoms with van der Waals surface area (Å²) in [6, 6.07) is 28.0. The Bertz CT molecular complexity index is 1610. The zero-order chi connectivity index (χ0) is 30.3. The number of likely N-dealkylation sites (N-methyl/N-ethyl adjacent to an activating group) is 1. The van der Waals surface area contributed by atoms with Gasteiger partial charge in [0.2, 0.25) is 11.8 Å². The van der Waals surface area contributed by atoms with Crippen LogP contribution in [0.2, 0.25) is 10.0 Å². The van der Waals surface area contributed by atoms with Crippen LogP contribution in [-0.4, -0.2) is 44.8 Å². The Morgan fingerprint density at radius 1 is 0.786 bits per heavy atom. The van der Waals surface area contributed by atoms with Crippen molar-refractivity contribution >= 4 is 50.7 Å². The van der Waals surface area contributed by atoms with E-state index in [-0.39, 0.29) is 29.5 Å². The molecule has 0 saturated heterocycles. The molecule has 42 heavy (non-hydrogen) atoms. The number of nitrogens with one attached hydrogen (secondary N) is 1. The van der Waals surface area contributed by atoms with E-state index in [2.05, 4.69) is 5.32 Å². The first kappa shape index (κ1) is 31.1. The second-order valence-corrected chi connectivity index (χ2v) is 12.5. The molecule has 4 aromatic carbocycles. The van der Waals surface area contributed by atoms with Crippen molar-refractivity contribution in [2.24, 2.45) is 0 Å². The summed E-state index contributed by atoms with van der Waals surface area (Å²) >= 11 is 12.2. The second kappa shape index (κ2) is 13.9. The summed E-state index contributed by atoms with van der Waals surface area (Å²) in [7, 11) is -2.67. The third kappa shape index (κ3) is 7.70. The molecule has 2 amide bonds. The van der Waals surface area contributed by atoms with Crippen molar-refractivity contribution in [1.29, 1.82) is 0 Å². The lowest BCUT2D eigenvalue weighted by molar-refractivity contribution is -0.139. The Kier molecular flexibility index (Phi) is 10.3. The zero-order valence-electron chi connectivity index (χ0n) is 23.2. The summed E-state index contributed by atoms with van der Waals surface area (Å²) in [5, 5.41) is 3.62. The highest BCUT2D eigenvalue weighted by atomic mass is 35.5. The van der Waals surface area contributed by atoms with Crippen molar-refractivity contribution < 1.29 is 18.0 Å². The average Bonchev–Trinajstić information content (AvgIpc) is 2.99. The van der Waals surface area contributed by atoms with E-state index in [1.54, 1.807) is 60.7 Å². The fourth-order valence-corrected chi connectivity index (χ4v) is 6.15. The second-order valence-electron chi connectivity index (χ2n) is 9.77. The van der Waals surface area contributed by atoms with Crippen molar-refractivity contribution in [1.82, 2.24) is 10.2 Å². The smallest absolute Gasteiger partial charge is 0.264 e. The van der Waals surface area contributed by atoms with E-state index >= 15 is 0 Å². The summed E-state index contributed by atoms with van der Waals surface area (Å²) in [4.78, 5) is 29.0. The third-order valence-electron chi connectivity index (χ3n) is 6.79. The number of sulfonamides is 1. The van der Waals surface area contributed by atoms with Crippen molar-refractivity contribution in [2.75, 3.05) is 17.9 Å². The normalized spacial score (nSPS) is 11.9. The average molecular weight is 625 g/mol. The van der Waals surface area contributed by atoms with Gasteiger partial charge in [-0.1, -0.05) is 83.4 Å². The summed E-state index contributed by atoms with van der Waals surface area (Å²) < 4.78 is 29.0. The molecular formula is C32H31Cl2N3O4S. The van der Waals surface area contributed by atoms with Crippen molar-refractivity contribution in [3.8, 4) is 0 Å². The van der Waals surface area contributed by atoms with Crippen LogP contribution < -0.4 is 9.62 Å². The van der Waals surface area contributed by atoms with E-state index < -0.39 is 28.5 Å². The molecule has 218 valence electrons. The Hall–Kier alpha value is -3.85. The van der Waals surface area contributed by atoms with Gasteiger partial charge in [-0.15, -0.1) is 0 Å². The van der Waals surface area contributed by atoms with Gasteiger partial charge >= 0.3 is 0 Å². The van der Waals surface area contributed by atoms with Crippen LogP contribution in [0.5, 0.6) is 0 Å². The van der Waals surface area contributed by atoms with Gasteiger partial charge in [-0.25, -0.2) is 8.42 Å². The molecule has 4 aromatic rings. The molecule has 0 fully saturated rings. The van der Waals surface area contributed by atoms with Gasteiger partial charge in [0.05, 0.1) is 10.6 Å². The summed E-state index contributed by atoms with van der Waals surface area (Å²) in [5.74, 6) is -0.930. The van der Waals surface area contributed by atoms with E-state index in [0.717, 1.165) is 21.0 Å². The maximum absolute atomic E-state index is 14.2. The highest BCUT2D eigenvalue weighted by molar-refractivity contribution is 7.92. The Labute approximate surface area is 256 Å². The molecule has 0 heterocycles. The first-order chi connectivity index (χ1) is 20.1. The number of rotatable bonds is 11. The van der Waals surface area contributed by atoms with Gasteiger partial charge in [0.1, 0.15) is 12.6 Å². The van der Waals surface area contributed by atoms with Crippen LogP contribution in [0, 0.1) is 6.92 Å². The molecule has 0 aliphatic heterocycles. The van der Waals surface area contributed by atoms with Gasteiger partial charge in [-0.3, -0.25) is 13.9 Å². The predicted molar refractivity (Wildman–Crippen MR) is 167 cm³/mol. The van der Waals surface area contributed by atoms with Crippen LogP contribution in [0.25, 0.3) is 0 Å². The predicted octanol–water partition coefficient (Wildman–Crippen LogP) is 5.88. The van der Waals surface area contributed by atoms with Gasteiger partial charge < -0.3 is 10.2 Å². The minimum Gasteiger partial charge on any atom is -0.357 e. The van der Waals surface area contributed by atoms with Crippen LogP contribution in [-0.2, 0) is 32.6 Å². The number of nitrogens with zero attached hydrogens (tertiary/aromatic N) is 2. The molecule has 0 aliphatic rings. The summed E-state index contributed by atoms with van der Waals surface area (Å²) in [5.41, 5.74) is 2.74. The van der Waals surface area contributed by atoms with Crippen LogP contribution in [0.15, 0.2) is 108 Å². The SMILES string of the molecule is CNC(=O)C(Cc1ccccc1)N(Cc1ccc(Cl)cc1)C(=O)CN(c1ccc(Cl)cc1)S(=O)(=O)c1ccc(C)cc1. The fraction of sp³-hybridized carbons (Fsp3) is 0.188. The van der Waals surface area contributed by atoms with E-state index in [4.69, 9.17) is 23.2 Å². The molecule has 1 atom stereocenters. The first-order valence-electron chi connectivity index (χ1n) is 13.2. The number of carbonyl (C=O) groups is 2. The maximum Gasteiger partial charge on any atom is 0.264 e. The van der Waals surface area contributed by atoms with Gasteiger partial charge in [0.15, 0.2) is 0 Å². The number of hydrogen-bond acceptors (Lipinski definition) is 4.